The monoisotopic (exact) mass is 412 g/mol. The van der Waals surface area contributed by atoms with Crippen molar-refractivity contribution in [2.45, 2.75) is 6.92 Å². The van der Waals surface area contributed by atoms with Gasteiger partial charge in [-0.3, -0.25) is 9.78 Å². The van der Waals surface area contributed by atoms with Gasteiger partial charge in [-0.1, -0.05) is 11.6 Å². The van der Waals surface area contributed by atoms with Gasteiger partial charge in [0.15, 0.2) is 6.61 Å². The van der Waals surface area contributed by atoms with Gasteiger partial charge in [0.05, 0.1) is 18.4 Å². The van der Waals surface area contributed by atoms with E-state index in [4.69, 9.17) is 21.1 Å². The first-order chi connectivity index (χ1) is 11.4. The van der Waals surface area contributed by atoms with E-state index in [0.717, 1.165) is 5.56 Å². The number of aryl methyl sites for hydroxylation is 1. The summed E-state index contributed by atoms with van der Waals surface area (Å²) in [6.07, 6.45) is 2.90. The molecule has 0 radical (unpaired) electrons. The zero-order valence-corrected chi connectivity index (χ0v) is 15.3. The number of amides is 1. The molecule has 8 heteroatoms. The van der Waals surface area contributed by atoms with E-state index in [9.17, 15) is 9.59 Å². The summed E-state index contributed by atoms with van der Waals surface area (Å²) in [7, 11) is 1.47. The van der Waals surface area contributed by atoms with Gasteiger partial charge in [0, 0.05) is 28.0 Å². The standard InChI is InChI=1S/C16H14BrClN2O4/c1-9-3-13(14(23-2)5-12(9)18)20-15(21)8-24-16(22)10-4-11(17)7-19-6-10/h3-7H,8H2,1-2H3,(H,20,21). The molecule has 2 rings (SSSR count). The summed E-state index contributed by atoms with van der Waals surface area (Å²) in [4.78, 5) is 27.7. The summed E-state index contributed by atoms with van der Waals surface area (Å²) in [5, 5.41) is 3.15. The fourth-order valence-corrected chi connectivity index (χ4v) is 2.37. The lowest BCUT2D eigenvalue weighted by Crippen LogP contribution is -2.21. The maximum atomic E-state index is 12.0. The fraction of sp³-hybridized carbons (Fsp3) is 0.188. The molecule has 0 aliphatic carbocycles. The third-order valence-corrected chi connectivity index (χ3v) is 3.87. The SMILES string of the molecule is COc1cc(Cl)c(C)cc1NC(=O)COC(=O)c1cncc(Br)c1. The predicted molar refractivity (Wildman–Crippen MR) is 93.6 cm³/mol. The number of rotatable bonds is 5. The normalized spacial score (nSPS) is 10.2. The molecule has 24 heavy (non-hydrogen) atoms. The zero-order valence-electron chi connectivity index (χ0n) is 12.9. The van der Waals surface area contributed by atoms with E-state index in [0.29, 0.717) is 20.9 Å². The number of halogens is 2. The zero-order chi connectivity index (χ0) is 17.7. The molecule has 1 N–H and O–H groups in total. The average molecular weight is 414 g/mol. The first-order valence-corrected chi connectivity index (χ1v) is 7.99. The van der Waals surface area contributed by atoms with Crippen LogP contribution in [0.5, 0.6) is 5.75 Å². The van der Waals surface area contributed by atoms with Gasteiger partial charge in [-0.25, -0.2) is 4.79 Å². The van der Waals surface area contributed by atoms with Crippen LogP contribution in [0.25, 0.3) is 0 Å². The number of anilines is 1. The quantitative estimate of drug-likeness (QED) is 0.758. The third-order valence-electron chi connectivity index (χ3n) is 3.03. The molecule has 0 aliphatic rings. The Morgan fingerprint density at radius 1 is 1.29 bits per heavy atom. The van der Waals surface area contributed by atoms with Crippen LogP contribution in [-0.4, -0.2) is 30.6 Å². The summed E-state index contributed by atoms with van der Waals surface area (Å²) < 4.78 is 10.8. The van der Waals surface area contributed by atoms with Gasteiger partial charge in [-0.15, -0.1) is 0 Å². The highest BCUT2D eigenvalue weighted by Gasteiger charge is 2.14. The van der Waals surface area contributed by atoms with Crippen molar-refractivity contribution in [2.75, 3.05) is 19.0 Å². The molecule has 126 valence electrons. The fourth-order valence-electron chi connectivity index (χ4n) is 1.85. The second-order valence-electron chi connectivity index (χ2n) is 4.82. The van der Waals surface area contributed by atoms with Crippen LogP contribution in [0.3, 0.4) is 0 Å². The molecule has 2 aromatic rings. The summed E-state index contributed by atoms with van der Waals surface area (Å²) in [5.41, 5.74) is 1.48. The molecule has 6 nitrogen and oxygen atoms in total. The molecule has 0 fully saturated rings. The number of carbonyl (C=O) groups excluding carboxylic acids is 2. The molecule has 0 saturated heterocycles. The van der Waals surface area contributed by atoms with Gasteiger partial charge in [0.2, 0.25) is 0 Å². The van der Waals surface area contributed by atoms with Gasteiger partial charge >= 0.3 is 5.97 Å². The molecule has 0 unspecified atom stereocenters. The number of benzene rings is 1. The molecule has 0 saturated carbocycles. The highest BCUT2D eigenvalue weighted by atomic mass is 79.9. The summed E-state index contributed by atoms with van der Waals surface area (Å²) in [6.45, 7) is 1.37. The average Bonchev–Trinajstić information content (AvgIpc) is 2.55. The van der Waals surface area contributed by atoms with Crippen LogP contribution in [-0.2, 0) is 9.53 Å². The van der Waals surface area contributed by atoms with Crippen LogP contribution in [0.15, 0.2) is 35.1 Å². The van der Waals surface area contributed by atoms with Crippen molar-refractivity contribution < 1.29 is 19.1 Å². The Hall–Kier alpha value is -2.12. The highest BCUT2D eigenvalue weighted by Crippen LogP contribution is 2.30. The maximum Gasteiger partial charge on any atom is 0.340 e. The number of esters is 1. The molecular formula is C16H14BrClN2O4. The molecule has 1 amide bonds. The minimum atomic E-state index is -0.641. The Kier molecular flexibility index (Phi) is 6.16. The van der Waals surface area contributed by atoms with Crippen molar-refractivity contribution in [1.29, 1.82) is 0 Å². The summed E-state index contributed by atoms with van der Waals surface area (Å²) in [6, 6.07) is 4.84. The second-order valence-corrected chi connectivity index (χ2v) is 6.14. The van der Waals surface area contributed by atoms with Crippen LogP contribution in [0, 0.1) is 6.92 Å². The first kappa shape index (κ1) is 18.2. The van der Waals surface area contributed by atoms with Crippen molar-refractivity contribution >= 4 is 45.1 Å². The number of carbonyl (C=O) groups is 2. The van der Waals surface area contributed by atoms with Crippen molar-refractivity contribution in [3.63, 3.8) is 0 Å². The summed E-state index contributed by atoms with van der Waals surface area (Å²) >= 11 is 9.22. The van der Waals surface area contributed by atoms with E-state index in [-0.39, 0.29) is 5.56 Å². The minimum absolute atomic E-state index is 0.247. The van der Waals surface area contributed by atoms with Crippen molar-refractivity contribution in [3.8, 4) is 5.75 Å². The van der Waals surface area contributed by atoms with Gasteiger partial charge in [-0.2, -0.15) is 0 Å². The highest BCUT2D eigenvalue weighted by molar-refractivity contribution is 9.10. The van der Waals surface area contributed by atoms with Crippen LogP contribution < -0.4 is 10.1 Å². The Balaban J connectivity index is 1.99. The Bertz CT molecular complexity index is 783. The van der Waals surface area contributed by atoms with E-state index in [1.165, 1.54) is 13.3 Å². The smallest absolute Gasteiger partial charge is 0.340 e. The van der Waals surface area contributed by atoms with E-state index < -0.39 is 18.5 Å². The summed E-state index contributed by atoms with van der Waals surface area (Å²) in [5.74, 6) is -0.717. The first-order valence-electron chi connectivity index (χ1n) is 6.82. The topological polar surface area (TPSA) is 77.5 Å². The lowest BCUT2D eigenvalue weighted by molar-refractivity contribution is -0.119. The number of pyridine rings is 1. The van der Waals surface area contributed by atoms with Crippen LogP contribution in [0.1, 0.15) is 15.9 Å². The van der Waals surface area contributed by atoms with Gasteiger partial charge in [0.25, 0.3) is 5.91 Å². The number of hydrogen-bond acceptors (Lipinski definition) is 5. The van der Waals surface area contributed by atoms with E-state index >= 15 is 0 Å². The van der Waals surface area contributed by atoms with Gasteiger partial charge in [-0.05, 0) is 40.5 Å². The molecule has 0 aliphatic heterocycles. The Morgan fingerprint density at radius 2 is 2.04 bits per heavy atom. The molecule has 0 bridgehead atoms. The maximum absolute atomic E-state index is 12.0. The van der Waals surface area contributed by atoms with Crippen LogP contribution in [0.2, 0.25) is 5.02 Å². The van der Waals surface area contributed by atoms with Crippen LogP contribution in [0.4, 0.5) is 5.69 Å². The number of hydrogen-bond donors (Lipinski definition) is 1. The Morgan fingerprint density at radius 3 is 2.71 bits per heavy atom. The Labute approximate surface area is 152 Å². The van der Waals surface area contributed by atoms with Gasteiger partial charge < -0.3 is 14.8 Å². The number of ether oxygens (including phenoxy) is 2. The number of aromatic nitrogens is 1. The predicted octanol–water partition coefficient (Wildman–Crippen LogP) is 3.61. The minimum Gasteiger partial charge on any atom is -0.495 e. The molecule has 1 aromatic heterocycles. The van der Waals surface area contributed by atoms with E-state index in [2.05, 4.69) is 26.2 Å². The number of nitrogens with one attached hydrogen (secondary N) is 1. The number of methoxy groups -OCH3 is 1. The molecule has 0 atom stereocenters. The van der Waals surface area contributed by atoms with Crippen molar-refractivity contribution in [2.24, 2.45) is 0 Å². The lowest BCUT2D eigenvalue weighted by atomic mass is 10.2. The van der Waals surface area contributed by atoms with E-state index in [1.807, 2.05) is 0 Å². The number of nitrogens with zero attached hydrogens (tertiary/aromatic N) is 1. The second kappa shape index (κ2) is 8.12. The lowest BCUT2D eigenvalue weighted by Gasteiger charge is -2.12. The third kappa shape index (κ3) is 4.69. The molecule has 0 spiro atoms. The van der Waals surface area contributed by atoms with Gasteiger partial charge in [0.1, 0.15) is 5.75 Å². The molecule has 1 heterocycles. The van der Waals surface area contributed by atoms with Crippen LogP contribution >= 0.6 is 27.5 Å². The molecular weight excluding hydrogens is 400 g/mol. The largest absolute Gasteiger partial charge is 0.495 e. The van der Waals surface area contributed by atoms with Crippen molar-refractivity contribution in [1.82, 2.24) is 4.98 Å². The molecule has 1 aromatic carbocycles. The van der Waals surface area contributed by atoms with Crippen molar-refractivity contribution in [3.05, 3.63) is 51.2 Å². The van der Waals surface area contributed by atoms with E-state index in [1.54, 1.807) is 31.3 Å².